The van der Waals surface area contributed by atoms with Gasteiger partial charge < -0.3 is 14.6 Å². The van der Waals surface area contributed by atoms with Gasteiger partial charge in [0, 0.05) is 11.8 Å². The Morgan fingerprint density at radius 3 is 2.38 bits per heavy atom. The smallest absolute Gasteiger partial charge is 0.319 e. The second-order valence-electron chi connectivity index (χ2n) is 6.87. The van der Waals surface area contributed by atoms with Crippen molar-refractivity contribution in [2.75, 3.05) is 6.61 Å². The lowest BCUT2D eigenvalue weighted by atomic mass is 10.2. The summed E-state index contributed by atoms with van der Waals surface area (Å²) in [5.41, 5.74) is 2.03. The first-order valence-corrected chi connectivity index (χ1v) is 10.9. The van der Waals surface area contributed by atoms with E-state index in [0.717, 1.165) is 27.1 Å². The van der Waals surface area contributed by atoms with Crippen LogP contribution in [0.15, 0.2) is 64.3 Å². The summed E-state index contributed by atoms with van der Waals surface area (Å²) in [5, 5.41) is 11.2. The zero-order valence-corrected chi connectivity index (χ0v) is 18.0. The molecule has 0 aliphatic rings. The van der Waals surface area contributed by atoms with Crippen LogP contribution in [0.2, 0.25) is 0 Å². The van der Waals surface area contributed by atoms with Crippen LogP contribution in [0.1, 0.15) is 25.1 Å². The highest BCUT2D eigenvalue weighted by molar-refractivity contribution is 8.02. The van der Waals surface area contributed by atoms with Gasteiger partial charge in [-0.15, -0.1) is 11.3 Å². The number of benzene rings is 2. The van der Waals surface area contributed by atoms with E-state index in [4.69, 9.17) is 9.47 Å². The number of ether oxygens (including phenoxy) is 2. The number of nitrogens with zero attached hydrogens (tertiary/aromatic N) is 1. The fourth-order valence-electron chi connectivity index (χ4n) is 2.36. The monoisotopic (exact) mass is 429 g/mol. The Morgan fingerprint density at radius 1 is 1.07 bits per heavy atom. The van der Waals surface area contributed by atoms with Crippen LogP contribution < -0.4 is 9.47 Å². The van der Waals surface area contributed by atoms with Crippen molar-refractivity contribution in [3.63, 3.8) is 0 Å². The summed E-state index contributed by atoms with van der Waals surface area (Å²) in [5.74, 6) is 0.719. The maximum Gasteiger partial charge on any atom is 0.319 e. The zero-order chi connectivity index (χ0) is 20.7. The summed E-state index contributed by atoms with van der Waals surface area (Å²) in [6, 6.07) is 17.6. The highest BCUT2D eigenvalue weighted by atomic mass is 32.2. The van der Waals surface area contributed by atoms with Crippen LogP contribution in [-0.2, 0) is 17.8 Å². The maximum absolute atomic E-state index is 11.2. The molecule has 0 saturated carbocycles. The minimum Gasteiger partial charge on any atom is -0.493 e. The predicted octanol–water partition coefficient (Wildman–Crippen LogP) is 5.30. The second-order valence-corrected chi connectivity index (χ2v) is 9.59. The Morgan fingerprint density at radius 2 is 1.72 bits per heavy atom. The highest BCUT2D eigenvalue weighted by Gasteiger charge is 2.29. The van der Waals surface area contributed by atoms with Gasteiger partial charge in [-0.05, 0) is 43.7 Å². The molecule has 0 radical (unpaired) electrons. The Kier molecular flexibility index (Phi) is 7.17. The van der Waals surface area contributed by atoms with Crippen LogP contribution in [0.5, 0.6) is 11.5 Å². The van der Waals surface area contributed by atoms with Gasteiger partial charge in [0.05, 0.1) is 12.3 Å². The number of hydrogen-bond donors (Lipinski definition) is 1. The number of rotatable bonds is 10. The summed E-state index contributed by atoms with van der Waals surface area (Å²) < 4.78 is 11.4. The molecule has 3 aromatic rings. The third-order valence-corrected chi connectivity index (χ3v) is 6.26. The van der Waals surface area contributed by atoms with Gasteiger partial charge in [-0.1, -0.05) is 42.1 Å². The van der Waals surface area contributed by atoms with Crippen LogP contribution in [0, 0.1) is 0 Å². The quantitative estimate of drug-likeness (QED) is 0.441. The van der Waals surface area contributed by atoms with Crippen molar-refractivity contribution in [1.29, 1.82) is 0 Å². The molecule has 29 heavy (non-hydrogen) atoms. The van der Waals surface area contributed by atoms with Crippen molar-refractivity contribution in [3.05, 3.63) is 71.2 Å². The summed E-state index contributed by atoms with van der Waals surface area (Å²) in [6.45, 7) is 4.39. The van der Waals surface area contributed by atoms with E-state index < -0.39 is 10.7 Å². The number of carboxylic acids is 1. The lowest BCUT2D eigenvalue weighted by Crippen LogP contribution is -2.26. The first-order chi connectivity index (χ1) is 13.9. The number of carboxylic acid groups (broad SMARTS) is 1. The zero-order valence-electron chi connectivity index (χ0n) is 16.3. The van der Waals surface area contributed by atoms with E-state index >= 15 is 0 Å². The number of thioether (sulfide) groups is 1. The molecule has 3 rings (SSSR count). The largest absolute Gasteiger partial charge is 0.493 e. The van der Waals surface area contributed by atoms with E-state index in [1.165, 1.54) is 23.1 Å². The average molecular weight is 430 g/mol. The van der Waals surface area contributed by atoms with Gasteiger partial charge in [-0.3, -0.25) is 4.79 Å². The van der Waals surface area contributed by atoms with E-state index in [2.05, 4.69) is 4.98 Å². The van der Waals surface area contributed by atoms with Gasteiger partial charge in [0.25, 0.3) is 0 Å². The topological polar surface area (TPSA) is 68.7 Å². The van der Waals surface area contributed by atoms with Crippen molar-refractivity contribution >= 4 is 29.1 Å². The fraction of sp³-hybridized carbons (Fsp3) is 0.273. The van der Waals surface area contributed by atoms with Gasteiger partial charge in [-0.2, -0.15) is 0 Å². The SMILES string of the molecule is CC(C)(Sc1nc(CCOc2ccc(OCc3ccccc3)cc2)cs1)C(=O)O. The molecule has 0 fully saturated rings. The van der Waals surface area contributed by atoms with E-state index in [1.54, 1.807) is 13.8 Å². The second kappa shape index (κ2) is 9.80. The Balaban J connectivity index is 1.43. The molecule has 0 saturated heterocycles. The van der Waals surface area contributed by atoms with Crippen molar-refractivity contribution in [2.24, 2.45) is 0 Å². The number of thiazole rings is 1. The summed E-state index contributed by atoms with van der Waals surface area (Å²) in [6.07, 6.45) is 0.664. The van der Waals surface area contributed by atoms with E-state index in [1.807, 2.05) is 60.0 Å². The first kappa shape index (κ1) is 21.2. The van der Waals surface area contributed by atoms with Crippen molar-refractivity contribution in [2.45, 2.75) is 36.0 Å². The molecule has 7 heteroatoms. The fourth-order valence-corrected chi connectivity index (χ4v) is 4.58. The number of hydrogen-bond acceptors (Lipinski definition) is 6. The molecule has 1 N–H and O–H groups in total. The molecule has 2 aromatic carbocycles. The third kappa shape index (κ3) is 6.51. The number of aliphatic carboxylic acids is 1. The van der Waals surface area contributed by atoms with Gasteiger partial charge in [0.2, 0.25) is 0 Å². The molecule has 0 bridgehead atoms. The van der Waals surface area contributed by atoms with E-state index in [9.17, 15) is 9.90 Å². The average Bonchev–Trinajstić information content (AvgIpc) is 3.14. The molecule has 0 unspecified atom stereocenters. The highest BCUT2D eigenvalue weighted by Crippen LogP contribution is 2.34. The van der Waals surface area contributed by atoms with Crippen LogP contribution >= 0.6 is 23.1 Å². The van der Waals surface area contributed by atoms with Crippen molar-refractivity contribution in [3.8, 4) is 11.5 Å². The standard InChI is InChI=1S/C22H23NO4S2/c1-22(2,20(24)25)29-21-23-17(15-28-21)12-13-26-18-8-10-19(11-9-18)27-14-16-6-4-3-5-7-16/h3-11,15H,12-14H2,1-2H3,(H,24,25). The Labute approximate surface area is 178 Å². The van der Waals surface area contributed by atoms with Crippen LogP contribution in [-0.4, -0.2) is 27.4 Å². The van der Waals surface area contributed by atoms with Crippen molar-refractivity contribution in [1.82, 2.24) is 4.98 Å². The molecular formula is C22H23NO4S2. The molecule has 1 aromatic heterocycles. The van der Waals surface area contributed by atoms with Gasteiger partial charge in [0.15, 0.2) is 4.34 Å². The summed E-state index contributed by atoms with van der Waals surface area (Å²) in [4.78, 5) is 15.7. The normalized spacial score (nSPS) is 11.2. The van der Waals surface area contributed by atoms with Crippen LogP contribution in [0.25, 0.3) is 0 Å². The van der Waals surface area contributed by atoms with Crippen molar-refractivity contribution < 1.29 is 19.4 Å². The number of carbonyl (C=O) groups is 1. The predicted molar refractivity (Wildman–Crippen MR) is 116 cm³/mol. The van der Waals surface area contributed by atoms with Crippen LogP contribution in [0.4, 0.5) is 0 Å². The van der Waals surface area contributed by atoms with Gasteiger partial charge in [-0.25, -0.2) is 4.98 Å². The molecule has 0 aliphatic heterocycles. The summed E-state index contributed by atoms with van der Waals surface area (Å²) in [7, 11) is 0. The Hall–Kier alpha value is -2.51. The van der Waals surface area contributed by atoms with Gasteiger partial charge in [0.1, 0.15) is 22.9 Å². The lowest BCUT2D eigenvalue weighted by molar-refractivity contribution is -0.138. The molecule has 0 atom stereocenters. The summed E-state index contributed by atoms with van der Waals surface area (Å²) >= 11 is 2.72. The first-order valence-electron chi connectivity index (χ1n) is 9.19. The third-order valence-electron chi connectivity index (χ3n) is 4.09. The van der Waals surface area contributed by atoms with E-state index in [-0.39, 0.29) is 0 Å². The molecule has 0 spiro atoms. The molecule has 0 aliphatic carbocycles. The van der Waals surface area contributed by atoms with Crippen LogP contribution in [0.3, 0.4) is 0 Å². The van der Waals surface area contributed by atoms with Gasteiger partial charge >= 0.3 is 5.97 Å². The molecule has 152 valence electrons. The lowest BCUT2D eigenvalue weighted by Gasteiger charge is -2.15. The Bertz CT molecular complexity index is 924. The number of aromatic nitrogens is 1. The maximum atomic E-state index is 11.2. The molecule has 5 nitrogen and oxygen atoms in total. The van der Waals surface area contributed by atoms with E-state index in [0.29, 0.717) is 19.6 Å². The minimum atomic E-state index is -0.893. The molecular weight excluding hydrogens is 406 g/mol. The molecule has 1 heterocycles. The minimum absolute atomic E-state index is 0.500. The molecule has 0 amide bonds.